The second-order valence-electron chi connectivity index (χ2n) is 5.18. The molecule has 1 aromatic carbocycles. The van der Waals surface area contributed by atoms with Crippen molar-refractivity contribution in [2.45, 2.75) is 31.1 Å². The molecule has 1 aromatic rings. The molecule has 0 saturated carbocycles. The Morgan fingerprint density at radius 2 is 2.37 bits per heavy atom. The summed E-state index contributed by atoms with van der Waals surface area (Å²) in [5.41, 5.74) is 6.03. The highest BCUT2D eigenvalue weighted by molar-refractivity contribution is 8.00. The number of hydrogen-bond acceptors (Lipinski definition) is 3. The van der Waals surface area contributed by atoms with Gasteiger partial charge in [0.1, 0.15) is 5.82 Å². The average Bonchev–Trinajstić information content (AvgIpc) is 2.78. The second kappa shape index (κ2) is 5.92. The zero-order valence-electron chi connectivity index (χ0n) is 11.0. The first-order chi connectivity index (χ1) is 9.00. The lowest BCUT2D eigenvalue weighted by atomic mass is 10.1. The van der Waals surface area contributed by atoms with E-state index in [1.807, 2.05) is 11.8 Å². The number of primary amides is 1. The number of carbonyl (C=O) groups excluding carboxylic acids is 1. The summed E-state index contributed by atoms with van der Waals surface area (Å²) in [5.74, 6) is 0.366. The van der Waals surface area contributed by atoms with Crippen LogP contribution >= 0.6 is 11.8 Å². The van der Waals surface area contributed by atoms with Crippen LogP contribution in [0.4, 0.5) is 4.39 Å². The Morgan fingerprint density at radius 3 is 3.00 bits per heavy atom. The Morgan fingerprint density at radius 1 is 1.58 bits per heavy atom. The molecule has 5 heteroatoms. The summed E-state index contributed by atoms with van der Waals surface area (Å²) in [7, 11) is 0. The lowest BCUT2D eigenvalue weighted by Crippen LogP contribution is -2.32. The van der Waals surface area contributed by atoms with Crippen molar-refractivity contribution >= 4 is 17.7 Å². The predicted octanol–water partition coefficient (Wildman–Crippen LogP) is 2.30. The van der Waals surface area contributed by atoms with Crippen molar-refractivity contribution in [2.24, 2.45) is 5.73 Å². The topological polar surface area (TPSA) is 55.1 Å². The van der Waals surface area contributed by atoms with E-state index in [9.17, 15) is 9.18 Å². The van der Waals surface area contributed by atoms with Crippen molar-refractivity contribution in [3.05, 3.63) is 35.1 Å². The maximum atomic E-state index is 13.6. The molecule has 0 spiro atoms. The SMILES string of the molecule is CC1(CNCc2cc(C(N)=O)ccc2F)CCCS1. The number of hydrogen-bond donors (Lipinski definition) is 2. The zero-order chi connectivity index (χ0) is 13.9. The minimum absolute atomic E-state index is 0.248. The molecule has 1 saturated heterocycles. The van der Waals surface area contributed by atoms with Crippen LogP contribution in [-0.2, 0) is 6.54 Å². The molecule has 1 fully saturated rings. The van der Waals surface area contributed by atoms with Gasteiger partial charge in [0, 0.05) is 29.0 Å². The molecule has 0 radical (unpaired) electrons. The van der Waals surface area contributed by atoms with Gasteiger partial charge in [-0.25, -0.2) is 4.39 Å². The van der Waals surface area contributed by atoms with Crippen molar-refractivity contribution in [1.29, 1.82) is 0 Å². The van der Waals surface area contributed by atoms with Crippen molar-refractivity contribution < 1.29 is 9.18 Å². The Bertz CT molecular complexity index is 473. The lowest BCUT2D eigenvalue weighted by molar-refractivity contribution is 0.1000. The van der Waals surface area contributed by atoms with E-state index in [2.05, 4.69) is 12.2 Å². The van der Waals surface area contributed by atoms with Gasteiger partial charge in [0.05, 0.1) is 0 Å². The minimum atomic E-state index is -0.528. The Balaban J connectivity index is 1.95. The van der Waals surface area contributed by atoms with E-state index < -0.39 is 5.91 Å². The van der Waals surface area contributed by atoms with Gasteiger partial charge in [0.15, 0.2) is 0 Å². The third-order valence-corrected chi connectivity index (χ3v) is 4.98. The van der Waals surface area contributed by atoms with E-state index >= 15 is 0 Å². The lowest BCUT2D eigenvalue weighted by Gasteiger charge is -2.23. The maximum Gasteiger partial charge on any atom is 0.248 e. The van der Waals surface area contributed by atoms with E-state index in [-0.39, 0.29) is 10.6 Å². The van der Waals surface area contributed by atoms with Gasteiger partial charge in [-0.3, -0.25) is 4.79 Å². The molecule has 104 valence electrons. The molecule has 0 bridgehead atoms. The minimum Gasteiger partial charge on any atom is -0.366 e. The maximum absolute atomic E-state index is 13.6. The van der Waals surface area contributed by atoms with Crippen LogP contribution in [-0.4, -0.2) is 23.0 Å². The summed E-state index contributed by atoms with van der Waals surface area (Å²) in [6.45, 7) is 3.49. The fraction of sp³-hybridized carbons (Fsp3) is 0.500. The molecule has 1 aliphatic rings. The molecule has 1 unspecified atom stereocenters. The van der Waals surface area contributed by atoms with Crippen LogP contribution in [0.3, 0.4) is 0 Å². The second-order valence-corrected chi connectivity index (χ2v) is 6.86. The van der Waals surface area contributed by atoms with E-state index in [4.69, 9.17) is 5.73 Å². The van der Waals surface area contributed by atoms with Crippen LogP contribution in [0.1, 0.15) is 35.7 Å². The highest BCUT2D eigenvalue weighted by Gasteiger charge is 2.28. The van der Waals surface area contributed by atoms with Crippen molar-refractivity contribution in [3.8, 4) is 0 Å². The molecule has 3 N–H and O–H groups in total. The molecule has 1 amide bonds. The third kappa shape index (κ3) is 3.70. The van der Waals surface area contributed by atoms with Crippen LogP contribution in [0.5, 0.6) is 0 Å². The van der Waals surface area contributed by atoms with Gasteiger partial charge in [0.25, 0.3) is 0 Å². The summed E-state index contributed by atoms with van der Waals surface area (Å²) in [6.07, 6.45) is 2.43. The normalized spacial score (nSPS) is 22.6. The molecule has 0 aromatic heterocycles. The van der Waals surface area contributed by atoms with Gasteiger partial charge in [0.2, 0.25) is 5.91 Å². The monoisotopic (exact) mass is 282 g/mol. The van der Waals surface area contributed by atoms with Gasteiger partial charge in [-0.05, 0) is 43.7 Å². The number of nitrogens with one attached hydrogen (secondary N) is 1. The number of nitrogens with two attached hydrogens (primary N) is 1. The van der Waals surface area contributed by atoms with Gasteiger partial charge in [-0.15, -0.1) is 0 Å². The average molecular weight is 282 g/mol. The molecular weight excluding hydrogens is 263 g/mol. The predicted molar refractivity (Wildman–Crippen MR) is 76.7 cm³/mol. The fourth-order valence-electron chi connectivity index (χ4n) is 2.30. The molecular formula is C14H19FN2OS. The summed E-state index contributed by atoms with van der Waals surface area (Å²) in [5, 5.41) is 3.28. The summed E-state index contributed by atoms with van der Waals surface area (Å²) < 4.78 is 13.9. The van der Waals surface area contributed by atoms with Crippen LogP contribution in [0.25, 0.3) is 0 Å². The number of benzene rings is 1. The molecule has 1 aliphatic heterocycles. The van der Waals surface area contributed by atoms with Crippen molar-refractivity contribution in [3.63, 3.8) is 0 Å². The highest BCUT2D eigenvalue weighted by atomic mass is 32.2. The van der Waals surface area contributed by atoms with E-state index in [0.717, 1.165) is 6.54 Å². The van der Waals surface area contributed by atoms with E-state index in [1.54, 1.807) is 0 Å². The molecule has 2 rings (SSSR count). The fourth-order valence-corrected chi connectivity index (χ4v) is 3.58. The van der Waals surface area contributed by atoms with Crippen molar-refractivity contribution in [2.75, 3.05) is 12.3 Å². The number of rotatable bonds is 5. The van der Waals surface area contributed by atoms with Gasteiger partial charge in [-0.1, -0.05) is 0 Å². The standard InChI is InChI=1S/C14H19FN2OS/c1-14(5-2-6-19-14)9-17-8-11-7-10(13(16)18)3-4-12(11)15/h3-4,7,17H,2,5-6,8-9H2,1H3,(H2,16,18). The quantitative estimate of drug-likeness (QED) is 0.871. The number of carbonyl (C=O) groups is 1. The first-order valence-electron chi connectivity index (χ1n) is 6.43. The number of amides is 1. The Labute approximate surface area is 117 Å². The largest absolute Gasteiger partial charge is 0.366 e. The third-order valence-electron chi connectivity index (χ3n) is 3.45. The molecule has 3 nitrogen and oxygen atoms in total. The van der Waals surface area contributed by atoms with Crippen LogP contribution < -0.4 is 11.1 Å². The first-order valence-corrected chi connectivity index (χ1v) is 7.42. The summed E-state index contributed by atoms with van der Waals surface area (Å²) in [6, 6.07) is 4.23. The summed E-state index contributed by atoms with van der Waals surface area (Å²) >= 11 is 1.96. The number of thioether (sulfide) groups is 1. The van der Waals surface area contributed by atoms with Gasteiger partial charge < -0.3 is 11.1 Å². The zero-order valence-corrected chi connectivity index (χ0v) is 11.9. The summed E-state index contributed by atoms with van der Waals surface area (Å²) in [4.78, 5) is 11.1. The first kappa shape index (κ1) is 14.3. The molecule has 1 heterocycles. The van der Waals surface area contributed by atoms with Crippen LogP contribution in [0.2, 0.25) is 0 Å². The van der Waals surface area contributed by atoms with E-state index in [0.29, 0.717) is 17.7 Å². The Kier molecular flexibility index (Phi) is 4.47. The molecule has 1 atom stereocenters. The van der Waals surface area contributed by atoms with Crippen LogP contribution in [0.15, 0.2) is 18.2 Å². The van der Waals surface area contributed by atoms with Gasteiger partial charge in [-0.2, -0.15) is 11.8 Å². The smallest absolute Gasteiger partial charge is 0.248 e. The number of halogens is 1. The van der Waals surface area contributed by atoms with Crippen molar-refractivity contribution in [1.82, 2.24) is 5.32 Å². The van der Waals surface area contributed by atoms with E-state index in [1.165, 1.54) is 36.8 Å². The highest BCUT2D eigenvalue weighted by Crippen LogP contribution is 2.36. The molecule has 0 aliphatic carbocycles. The van der Waals surface area contributed by atoms with Crippen LogP contribution in [0, 0.1) is 5.82 Å². The van der Waals surface area contributed by atoms with Gasteiger partial charge >= 0.3 is 0 Å². The molecule has 19 heavy (non-hydrogen) atoms. The Hall–Kier alpha value is -1.07.